The monoisotopic (exact) mass is 503 g/mol. The number of hydrogen-bond donors (Lipinski definition) is 1. The number of benzene rings is 1. The van der Waals surface area contributed by atoms with Gasteiger partial charge in [0.15, 0.2) is 0 Å². The van der Waals surface area contributed by atoms with Gasteiger partial charge in [-0.15, -0.1) is 0 Å². The Balaban J connectivity index is 1.88. The summed E-state index contributed by atoms with van der Waals surface area (Å²) in [7, 11) is 0. The highest BCUT2D eigenvalue weighted by Gasteiger charge is 2.33. The number of para-hydroxylation sites is 1. The van der Waals surface area contributed by atoms with Gasteiger partial charge in [0, 0.05) is 23.8 Å². The standard InChI is InChI=1S/C27H35F2N3O4/c1-5-35-24(33)16-19-11-13-20(14-12-19)32(23-9-7-6-8-21(23)17(2)3)27(34)31-22-15-10-18(4)30-25(22)36-26(28)29/h6-10,15,17,19-20,26H,5,11-14,16H2,1-4H3,(H,31,34). The van der Waals surface area contributed by atoms with Gasteiger partial charge in [0.25, 0.3) is 0 Å². The molecule has 2 aromatic rings. The molecule has 0 unspecified atom stereocenters. The van der Waals surface area contributed by atoms with Crippen molar-refractivity contribution in [1.29, 1.82) is 0 Å². The highest BCUT2D eigenvalue weighted by Crippen LogP contribution is 2.36. The smallest absolute Gasteiger partial charge is 0.388 e. The van der Waals surface area contributed by atoms with Crippen LogP contribution in [0.2, 0.25) is 0 Å². The Kier molecular flexibility index (Phi) is 9.61. The number of halogens is 2. The Bertz CT molecular complexity index is 1040. The second-order valence-electron chi connectivity index (χ2n) is 9.38. The van der Waals surface area contributed by atoms with Crippen LogP contribution < -0.4 is 15.0 Å². The fourth-order valence-electron chi connectivity index (χ4n) is 4.71. The van der Waals surface area contributed by atoms with E-state index in [0.29, 0.717) is 31.6 Å². The van der Waals surface area contributed by atoms with Crippen LogP contribution in [0.1, 0.15) is 70.1 Å². The molecule has 1 aliphatic rings. The number of urea groups is 1. The van der Waals surface area contributed by atoms with E-state index in [4.69, 9.17) is 4.74 Å². The minimum Gasteiger partial charge on any atom is -0.466 e. The van der Waals surface area contributed by atoms with Crippen LogP contribution >= 0.6 is 0 Å². The molecule has 3 rings (SSSR count). The van der Waals surface area contributed by atoms with Crippen molar-refractivity contribution in [3.8, 4) is 5.88 Å². The summed E-state index contributed by atoms with van der Waals surface area (Å²) in [5.41, 5.74) is 2.35. The van der Waals surface area contributed by atoms with Crippen molar-refractivity contribution in [2.24, 2.45) is 5.92 Å². The zero-order valence-corrected chi connectivity index (χ0v) is 21.3. The van der Waals surface area contributed by atoms with Crippen LogP contribution in [0.15, 0.2) is 36.4 Å². The van der Waals surface area contributed by atoms with Gasteiger partial charge in [0.1, 0.15) is 5.69 Å². The maximum atomic E-state index is 13.7. The molecule has 0 saturated heterocycles. The van der Waals surface area contributed by atoms with Gasteiger partial charge in [-0.3, -0.25) is 9.69 Å². The van der Waals surface area contributed by atoms with Gasteiger partial charge in [-0.25, -0.2) is 9.78 Å². The first-order chi connectivity index (χ1) is 17.2. The molecular formula is C27H35F2N3O4. The quantitative estimate of drug-likeness (QED) is 0.387. The van der Waals surface area contributed by atoms with Gasteiger partial charge in [0.2, 0.25) is 5.88 Å². The fourth-order valence-corrected chi connectivity index (χ4v) is 4.71. The summed E-state index contributed by atoms with van der Waals surface area (Å²) in [4.78, 5) is 31.4. The van der Waals surface area contributed by atoms with Crippen molar-refractivity contribution in [1.82, 2.24) is 4.98 Å². The van der Waals surface area contributed by atoms with E-state index in [0.717, 1.165) is 24.1 Å². The van der Waals surface area contributed by atoms with E-state index in [9.17, 15) is 18.4 Å². The molecule has 1 aliphatic carbocycles. The van der Waals surface area contributed by atoms with E-state index in [2.05, 4.69) is 28.9 Å². The van der Waals surface area contributed by atoms with Gasteiger partial charge in [-0.2, -0.15) is 8.78 Å². The Morgan fingerprint density at radius 3 is 2.44 bits per heavy atom. The van der Waals surface area contributed by atoms with Gasteiger partial charge < -0.3 is 14.8 Å². The number of carbonyl (C=O) groups excluding carboxylic acids is 2. The van der Waals surface area contributed by atoms with Crippen molar-refractivity contribution < 1.29 is 27.8 Å². The van der Waals surface area contributed by atoms with Crippen molar-refractivity contribution in [3.05, 3.63) is 47.7 Å². The van der Waals surface area contributed by atoms with E-state index < -0.39 is 12.6 Å². The largest absolute Gasteiger partial charge is 0.466 e. The summed E-state index contributed by atoms with van der Waals surface area (Å²) in [5.74, 6) is -0.152. The SMILES string of the molecule is CCOC(=O)CC1CCC(N(C(=O)Nc2ccc(C)nc2OC(F)F)c2ccccc2C(C)C)CC1. The first-order valence-corrected chi connectivity index (χ1v) is 12.5. The minimum absolute atomic E-state index is 0.0777. The number of aryl methyl sites for hydroxylation is 1. The van der Waals surface area contributed by atoms with Crippen LogP contribution in [0, 0.1) is 12.8 Å². The second kappa shape index (κ2) is 12.6. The van der Waals surface area contributed by atoms with Crippen LogP contribution in [0.5, 0.6) is 5.88 Å². The van der Waals surface area contributed by atoms with E-state index >= 15 is 0 Å². The van der Waals surface area contributed by atoms with E-state index in [1.807, 2.05) is 24.3 Å². The number of esters is 1. The van der Waals surface area contributed by atoms with Gasteiger partial charge in [0.05, 0.1) is 6.61 Å². The average Bonchev–Trinajstić information content (AvgIpc) is 2.82. The number of alkyl halides is 2. The van der Waals surface area contributed by atoms with E-state index in [1.165, 1.54) is 6.07 Å². The van der Waals surface area contributed by atoms with E-state index in [-0.39, 0.29) is 35.4 Å². The zero-order valence-electron chi connectivity index (χ0n) is 21.3. The molecule has 1 fully saturated rings. The molecular weight excluding hydrogens is 468 g/mol. The summed E-state index contributed by atoms with van der Waals surface area (Å²) < 4.78 is 35.6. The van der Waals surface area contributed by atoms with Crippen molar-refractivity contribution in [2.45, 2.75) is 78.4 Å². The van der Waals surface area contributed by atoms with Crippen LogP contribution in [-0.2, 0) is 9.53 Å². The first kappa shape index (κ1) is 27.4. The summed E-state index contributed by atoms with van der Waals surface area (Å²) in [5, 5.41) is 2.76. The molecule has 0 atom stereocenters. The molecule has 196 valence electrons. The van der Waals surface area contributed by atoms with Crippen LogP contribution in [0.4, 0.5) is 25.0 Å². The normalized spacial score (nSPS) is 17.7. The Morgan fingerprint density at radius 1 is 1.11 bits per heavy atom. The van der Waals surface area contributed by atoms with Gasteiger partial charge in [-0.05, 0) is 75.1 Å². The number of rotatable bonds is 9. The van der Waals surface area contributed by atoms with Crippen LogP contribution in [0.3, 0.4) is 0 Å². The number of amides is 2. The fraction of sp³-hybridized carbons (Fsp3) is 0.519. The highest BCUT2D eigenvalue weighted by atomic mass is 19.3. The molecule has 0 radical (unpaired) electrons. The molecule has 9 heteroatoms. The average molecular weight is 504 g/mol. The lowest BCUT2D eigenvalue weighted by Crippen LogP contribution is -2.45. The summed E-state index contributed by atoms with van der Waals surface area (Å²) >= 11 is 0. The molecule has 0 bridgehead atoms. The predicted octanol–water partition coefficient (Wildman–Crippen LogP) is 6.67. The van der Waals surface area contributed by atoms with Gasteiger partial charge >= 0.3 is 18.6 Å². The summed E-state index contributed by atoms with van der Waals surface area (Å²) in [6.45, 7) is 4.86. The second-order valence-corrected chi connectivity index (χ2v) is 9.38. The maximum Gasteiger partial charge on any atom is 0.388 e. The molecule has 1 N–H and O–H groups in total. The topological polar surface area (TPSA) is 80.8 Å². The van der Waals surface area contributed by atoms with Crippen molar-refractivity contribution in [3.63, 3.8) is 0 Å². The van der Waals surface area contributed by atoms with Crippen LogP contribution in [-0.4, -0.2) is 36.2 Å². The number of nitrogens with zero attached hydrogens (tertiary/aromatic N) is 2. The van der Waals surface area contributed by atoms with Crippen molar-refractivity contribution >= 4 is 23.4 Å². The first-order valence-electron chi connectivity index (χ1n) is 12.5. The van der Waals surface area contributed by atoms with Crippen LogP contribution in [0.25, 0.3) is 0 Å². The zero-order chi connectivity index (χ0) is 26.2. The third-order valence-electron chi connectivity index (χ3n) is 6.42. The van der Waals surface area contributed by atoms with E-state index in [1.54, 1.807) is 24.8 Å². The maximum absolute atomic E-state index is 13.7. The number of aromatic nitrogens is 1. The third kappa shape index (κ3) is 7.15. The Labute approximate surface area is 211 Å². The number of pyridine rings is 1. The van der Waals surface area contributed by atoms with Crippen molar-refractivity contribution in [2.75, 3.05) is 16.8 Å². The lowest BCUT2D eigenvalue weighted by Gasteiger charge is -2.38. The number of anilines is 2. The molecule has 1 saturated carbocycles. The molecule has 36 heavy (non-hydrogen) atoms. The lowest BCUT2D eigenvalue weighted by atomic mass is 9.83. The Hall–Kier alpha value is -3.23. The minimum atomic E-state index is -3.07. The highest BCUT2D eigenvalue weighted by molar-refractivity contribution is 6.03. The Morgan fingerprint density at radius 2 is 1.81 bits per heavy atom. The molecule has 7 nitrogen and oxygen atoms in total. The summed E-state index contributed by atoms with van der Waals surface area (Å²) in [6.07, 6.45) is 3.34. The number of nitrogens with one attached hydrogen (secondary N) is 1. The third-order valence-corrected chi connectivity index (χ3v) is 6.42. The van der Waals surface area contributed by atoms with Gasteiger partial charge in [-0.1, -0.05) is 32.0 Å². The summed E-state index contributed by atoms with van der Waals surface area (Å²) in [6, 6.07) is 10.3. The molecule has 1 aromatic heterocycles. The molecule has 0 aliphatic heterocycles. The molecule has 0 spiro atoms. The molecule has 2 amide bonds. The predicted molar refractivity (Wildman–Crippen MR) is 135 cm³/mol. The number of hydrogen-bond acceptors (Lipinski definition) is 5. The number of ether oxygens (including phenoxy) is 2. The lowest BCUT2D eigenvalue weighted by molar-refractivity contribution is -0.144. The number of carbonyl (C=O) groups is 2. The molecule has 1 aromatic carbocycles. The molecule has 1 heterocycles.